The molecule has 2 N–H and O–H groups in total. The number of nitrogens with two attached hydrogens (primary N) is 1. The lowest BCUT2D eigenvalue weighted by atomic mass is 9.90. The maximum Gasteiger partial charge on any atom is 0.161 e. The second-order valence-corrected chi connectivity index (χ2v) is 7.11. The van der Waals surface area contributed by atoms with Crippen molar-refractivity contribution in [2.45, 2.75) is 52.1 Å². The molecule has 2 aromatic rings. The van der Waals surface area contributed by atoms with Gasteiger partial charge in [0.05, 0.1) is 13.2 Å². The van der Waals surface area contributed by atoms with E-state index in [1.54, 1.807) is 7.11 Å². The highest BCUT2D eigenvalue weighted by molar-refractivity contribution is 5.43. The summed E-state index contributed by atoms with van der Waals surface area (Å²) in [6, 6.07) is 15.0. The van der Waals surface area contributed by atoms with Crippen LogP contribution in [-0.2, 0) is 6.42 Å². The first kappa shape index (κ1) is 19.3. The molecular weight excluding hydrogens is 310 g/mol. The molecule has 2 aromatic carbocycles. The molecule has 2 rings (SSSR count). The Balaban J connectivity index is 2.20. The lowest BCUT2D eigenvalue weighted by Gasteiger charge is -2.19. The third kappa shape index (κ3) is 5.23. The monoisotopic (exact) mass is 341 g/mol. The van der Waals surface area contributed by atoms with Crippen molar-refractivity contribution >= 4 is 0 Å². The Morgan fingerprint density at radius 1 is 0.880 bits per heavy atom. The molecule has 0 radical (unpaired) electrons. The molecule has 0 saturated heterocycles. The molecule has 3 nitrogen and oxygen atoms in total. The highest BCUT2D eigenvalue weighted by Gasteiger charge is 2.14. The van der Waals surface area contributed by atoms with Crippen molar-refractivity contribution < 1.29 is 9.47 Å². The number of methoxy groups -OCH3 is 1. The summed E-state index contributed by atoms with van der Waals surface area (Å²) in [5.74, 6) is 2.40. The van der Waals surface area contributed by atoms with E-state index in [0.29, 0.717) is 18.4 Å². The van der Waals surface area contributed by atoms with Gasteiger partial charge in [-0.3, -0.25) is 0 Å². The lowest BCUT2D eigenvalue weighted by molar-refractivity contribution is 0.230. The molecule has 0 saturated carbocycles. The van der Waals surface area contributed by atoms with Gasteiger partial charge in [0.1, 0.15) is 0 Å². The third-order valence-electron chi connectivity index (χ3n) is 4.43. The zero-order chi connectivity index (χ0) is 18.4. The average Bonchev–Trinajstić information content (AvgIpc) is 2.59. The van der Waals surface area contributed by atoms with Crippen LogP contribution in [0.25, 0.3) is 0 Å². The Labute approximate surface area is 152 Å². The van der Waals surface area contributed by atoms with E-state index in [1.165, 1.54) is 16.7 Å². The summed E-state index contributed by atoms with van der Waals surface area (Å²) in [5.41, 5.74) is 9.92. The highest BCUT2D eigenvalue weighted by Crippen LogP contribution is 2.31. The van der Waals surface area contributed by atoms with E-state index in [0.717, 1.165) is 17.9 Å². The number of rotatable bonds is 8. The summed E-state index contributed by atoms with van der Waals surface area (Å²) < 4.78 is 11.3. The van der Waals surface area contributed by atoms with Crippen LogP contribution in [0, 0.1) is 0 Å². The van der Waals surface area contributed by atoms with Crippen LogP contribution in [0.2, 0.25) is 0 Å². The Morgan fingerprint density at radius 3 is 2.04 bits per heavy atom. The van der Waals surface area contributed by atoms with Crippen LogP contribution in [0.1, 0.15) is 56.2 Å². The number of hydrogen-bond acceptors (Lipinski definition) is 3. The molecule has 0 heterocycles. The van der Waals surface area contributed by atoms with Crippen LogP contribution in [0.3, 0.4) is 0 Å². The fourth-order valence-corrected chi connectivity index (χ4v) is 2.97. The molecule has 25 heavy (non-hydrogen) atoms. The number of hydrogen-bond donors (Lipinski definition) is 1. The summed E-state index contributed by atoms with van der Waals surface area (Å²) in [5, 5.41) is 0. The number of benzene rings is 2. The molecule has 0 aliphatic heterocycles. The van der Waals surface area contributed by atoms with Crippen molar-refractivity contribution in [1.29, 1.82) is 0 Å². The van der Waals surface area contributed by atoms with Gasteiger partial charge in [0.15, 0.2) is 11.5 Å². The minimum absolute atomic E-state index is 0.109. The Kier molecular flexibility index (Phi) is 6.89. The minimum atomic E-state index is 0.109. The minimum Gasteiger partial charge on any atom is -0.493 e. The molecule has 1 unspecified atom stereocenters. The van der Waals surface area contributed by atoms with E-state index in [-0.39, 0.29) is 6.10 Å². The number of ether oxygens (including phenoxy) is 2. The van der Waals surface area contributed by atoms with Crippen molar-refractivity contribution in [2.75, 3.05) is 13.7 Å². The van der Waals surface area contributed by atoms with Gasteiger partial charge >= 0.3 is 0 Å². The van der Waals surface area contributed by atoms with E-state index in [2.05, 4.69) is 50.2 Å². The van der Waals surface area contributed by atoms with Gasteiger partial charge in [-0.05, 0) is 61.6 Å². The summed E-state index contributed by atoms with van der Waals surface area (Å²) in [6.45, 7) is 9.08. The lowest BCUT2D eigenvalue weighted by Crippen LogP contribution is -2.15. The van der Waals surface area contributed by atoms with Crippen molar-refractivity contribution in [3.05, 3.63) is 59.2 Å². The van der Waals surface area contributed by atoms with Gasteiger partial charge in [-0.1, -0.05) is 44.2 Å². The third-order valence-corrected chi connectivity index (χ3v) is 4.43. The predicted molar refractivity (Wildman–Crippen MR) is 105 cm³/mol. The molecule has 0 amide bonds. The van der Waals surface area contributed by atoms with E-state index >= 15 is 0 Å². The van der Waals surface area contributed by atoms with Crippen LogP contribution >= 0.6 is 0 Å². The smallest absolute Gasteiger partial charge is 0.161 e. The molecule has 0 spiro atoms. The average molecular weight is 341 g/mol. The summed E-state index contributed by atoms with van der Waals surface area (Å²) in [6.07, 6.45) is 0.994. The van der Waals surface area contributed by atoms with Crippen LogP contribution in [0.4, 0.5) is 0 Å². The van der Waals surface area contributed by atoms with Gasteiger partial charge in [-0.25, -0.2) is 0 Å². The zero-order valence-electron chi connectivity index (χ0n) is 16.1. The molecule has 136 valence electrons. The SMILES string of the molecule is COc1ccc(CC(CN)c2ccc(C(C)C)cc2)cc1OC(C)C. The van der Waals surface area contributed by atoms with E-state index < -0.39 is 0 Å². The predicted octanol–water partition coefficient (Wildman–Crippen LogP) is 4.89. The first-order valence-corrected chi connectivity index (χ1v) is 9.08. The second-order valence-electron chi connectivity index (χ2n) is 7.11. The van der Waals surface area contributed by atoms with Crippen LogP contribution < -0.4 is 15.2 Å². The quantitative estimate of drug-likeness (QED) is 0.743. The van der Waals surface area contributed by atoms with Crippen molar-refractivity contribution in [2.24, 2.45) is 5.73 Å². The first-order valence-electron chi connectivity index (χ1n) is 9.08. The van der Waals surface area contributed by atoms with Gasteiger partial charge in [0.25, 0.3) is 0 Å². The zero-order valence-corrected chi connectivity index (χ0v) is 16.1. The molecular formula is C22H31NO2. The van der Waals surface area contributed by atoms with Crippen molar-refractivity contribution in [1.82, 2.24) is 0 Å². The fraction of sp³-hybridized carbons (Fsp3) is 0.455. The van der Waals surface area contributed by atoms with Crippen LogP contribution in [-0.4, -0.2) is 19.8 Å². The Bertz CT molecular complexity index is 662. The van der Waals surface area contributed by atoms with E-state index in [4.69, 9.17) is 15.2 Å². The molecule has 0 bridgehead atoms. The molecule has 0 aliphatic rings. The van der Waals surface area contributed by atoms with Gasteiger partial charge in [-0.2, -0.15) is 0 Å². The first-order chi connectivity index (χ1) is 11.9. The maximum atomic E-state index is 6.07. The summed E-state index contributed by atoms with van der Waals surface area (Å²) in [4.78, 5) is 0. The maximum absolute atomic E-state index is 6.07. The van der Waals surface area contributed by atoms with Crippen LogP contribution in [0.5, 0.6) is 11.5 Å². The standard InChI is InChI=1S/C22H31NO2/c1-15(2)18-7-9-19(10-8-18)20(14-23)12-17-6-11-21(24-5)22(13-17)25-16(3)4/h6-11,13,15-16,20H,12,14,23H2,1-5H3. The van der Waals surface area contributed by atoms with Crippen molar-refractivity contribution in [3.63, 3.8) is 0 Å². The van der Waals surface area contributed by atoms with Gasteiger partial charge in [0.2, 0.25) is 0 Å². The normalized spacial score (nSPS) is 12.5. The van der Waals surface area contributed by atoms with E-state index in [1.807, 2.05) is 19.9 Å². The Morgan fingerprint density at radius 2 is 1.52 bits per heavy atom. The van der Waals surface area contributed by atoms with Crippen LogP contribution in [0.15, 0.2) is 42.5 Å². The van der Waals surface area contributed by atoms with E-state index in [9.17, 15) is 0 Å². The Hall–Kier alpha value is -2.00. The molecule has 1 atom stereocenters. The molecule has 0 aliphatic carbocycles. The highest BCUT2D eigenvalue weighted by atomic mass is 16.5. The molecule has 3 heteroatoms. The summed E-state index contributed by atoms with van der Waals surface area (Å²) >= 11 is 0. The fourth-order valence-electron chi connectivity index (χ4n) is 2.97. The van der Waals surface area contributed by atoms with Gasteiger partial charge in [-0.15, -0.1) is 0 Å². The van der Waals surface area contributed by atoms with Gasteiger partial charge < -0.3 is 15.2 Å². The topological polar surface area (TPSA) is 44.5 Å². The molecule has 0 aromatic heterocycles. The summed E-state index contributed by atoms with van der Waals surface area (Å²) in [7, 11) is 1.67. The largest absolute Gasteiger partial charge is 0.493 e. The second kappa shape index (κ2) is 8.91. The van der Waals surface area contributed by atoms with Gasteiger partial charge in [0, 0.05) is 5.92 Å². The van der Waals surface area contributed by atoms with Crippen molar-refractivity contribution in [3.8, 4) is 11.5 Å². The molecule has 0 fully saturated rings.